The van der Waals surface area contributed by atoms with Gasteiger partial charge in [0.05, 0.1) is 12.7 Å². The molecule has 1 atom stereocenters. The third-order valence-corrected chi connectivity index (χ3v) is 2.42. The van der Waals surface area contributed by atoms with Crippen molar-refractivity contribution in [1.29, 1.82) is 0 Å². The average molecular weight is 208 g/mol. The van der Waals surface area contributed by atoms with E-state index in [-0.39, 0.29) is 0 Å². The summed E-state index contributed by atoms with van der Waals surface area (Å²) in [5.74, 6) is 0. The highest BCUT2D eigenvalue weighted by molar-refractivity contribution is 5.22. The number of aryl methyl sites for hydroxylation is 1. The summed E-state index contributed by atoms with van der Waals surface area (Å²) in [6.45, 7) is 5.15. The number of aliphatic hydroxyl groups excluding tert-OH is 1. The highest BCUT2D eigenvalue weighted by Gasteiger charge is 2.04. The largest absolute Gasteiger partial charge is 0.390 e. The van der Waals surface area contributed by atoms with Gasteiger partial charge in [0, 0.05) is 13.0 Å². The van der Waals surface area contributed by atoms with Gasteiger partial charge in [0.2, 0.25) is 0 Å². The smallest absolute Gasteiger partial charge is 0.0813 e. The van der Waals surface area contributed by atoms with Crippen molar-refractivity contribution in [3.63, 3.8) is 0 Å². The van der Waals surface area contributed by atoms with Crippen molar-refractivity contribution >= 4 is 0 Å². The second-order valence-electron chi connectivity index (χ2n) is 3.69. The lowest BCUT2D eigenvalue weighted by Gasteiger charge is -2.10. The fourth-order valence-electron chi connectivity index (χ4n) is 1.50. The molecule has 0 aliphatic heterocycles. The zero-order chi connectivity index (χ0) is 11.1. The molecule has 0 saturated carbocycles. The van der Waals surface area contributed by atoms with Crippen molar-refractivity contribution in [3.8, 4) is 0 Å². The van der Waals surface area contributed by atoms with Gasteiger partial charge >= 0.3 is 0 Å². The maximum atomic E-state index is 9.64. The molecule has 0 saturated heterocycles. The van der Waals surface area contributed by atoms with Crippen LogP contribution in [0, 0.1) is 0 Å². The van der Waals surface area contributed by atoms with E-state index in [0.29, 0.717) is 19.6 Å². The van der Waals surface area contributed by atoms with E-state index in [1.807, 2.05) is 6.92 Å². The first-order valence-electron chi connectivity index (χ1n) is 5.59. The number of hydrogen-bond donors (Lipinski definition) is 1. The summed E-state index contributed by atoms with van der Waals surface area (Å²) in [7, 11) is 0. The summed E-state index contributed by atoms with van der Waals surface area (Å²) in [6.07, 6.45) is 1.34. The van der Waals surface area contributed by atoms with Crippen LogP contribution in [0.15, 0.2) is 24.3 Å². The molecule has 1 rings (SSSR count). The molecule has 15 heavy (non-hydrogen) atoms. The zero-order valence-corrected chi connectivity index (χ0v) is 9.57. The molecule has 0 aliphatic rings. The molecule has 84 valence electrons. The second kappa shape index (κ2) is 6.59. The lowest BCUT2D eigenvalue weighted by Crippen LogP contribution is -2.18. The molecule has 0 radical (unpaired) electrons. The van der Waals surface area contributed by atoms with Crippen molar-refractivity contribution in [1.82, 2.24) is 0 Å². The highest BCUT2D eigenvalue weighted by Crippen LogP contribution is 2.07. The van der Waals surface area contributed by atoms with Crippen LogP contribution in [-0.2, 0) is 17.6 Å². The summed E-state index contributed by atoms with van der Waals surface area (Å²) in [4.78, 5) is 0. The molecule has 0 heterocycles. The first-order chi connectivity index (χ1) is 7.26. The fourth-order valence-corrected chi connectivity index (χ4v) is 1.50. The predicted octanol–water partition coefficient (Wildman–Crippen LogP) is 2.19. The van der Waals surface area contributed by atoms with Crippen LogP contribution in [0.2, 0.25) is 0 Å². The highest BCUT2D eigenvalue weighted by atomic mass is 16.5. The van der Waals surface area contributed by atoms with E-state index in [2.05, 4.69) is 31.2 Å². The van der Waals surface area contributed by atoms with E-state index in [0.717, 1.165) is 6.42 Å². The van der Waals surface area contributed by atoms with Crippen LogP contribution in [0.5, 0.6) is 0 Å². The molecule has 0 aliphatic carbocycles. The van der Waals surface area contributed by atoms with E-state index in [1.165, 1.54) is 11.1 Å². The molecular formula is C13H20O2. The number of benzene rings is 1. The lowest BCUT2D eigenvalue weighted by atomic mass is 10.1. The summed E-state index contributed by atoms with van der Waals surface area (Å²) in [5, 5.41) is 9.64. The number of aliphatic hydroxyl groups is 1. The van der Waals surface area contributed by atoms with E-state index in [1.54, 1.807) is 0 Å². The normalized spacial score (nSPS) is 12.7. The third-order valence-electron chi connectivity index (χ3n) is 2.42. The Balaban J connectivity index is 2.42. The van der Waals surface area contributed by atoms with Gasteiger partial charge in [-0.05, 0) is 24.5 Å². The number of hydrogen-bond acceptors (Lipinski definition) is 2. The Labute approximate surface area is 91.9 Å². The van der Waals surface area contributed by atoms with Crippen molar-refractivity contribution in [3.05, 3.63) is 35.4 Å². The van der Waals surface area contributed by atoms with Crippen molar-refractivity contribution in [2.45, 2.75) is 32.8 Å². The lowest BCUT2D eigenvalue weighted by molar-refractivity contribution is 0.0430. The zero-order valence-electron chi connectivity index (χ0n) is 9.57. The Hall–Kier alpha value is -0.860. The standard InChI is InChI=1S/C13H20O2/c1-3-11-5-7-12(8-6-11)9-13(14)10-15-4-2/h5-8,13-14H,3-4,9-10H2,1-2H3. The predicted molar refractivity (Wildman–Crippen MR) is 62.0 cm³/mol. The van der Waals surface area contributed by atoms with Crippen molar-refractivity contribution in [2.24, 2.45) is 0 Å². The molecule has 1 aromatic rings. The molecular weight excluding hydrogens is 188 g/mol. The Bertz CT molecular complexity index is 266. The maximum absolute atomic E-state index is 9.64. The van der Waals surface area contributed by atoms with Crippen LogP contribution in [0.3, 0.4) is 0 Å². The molecule has 0 spiro atoms. The third kappa shape index (κ3) is 4.45. The van der Waals surface area contributed by atoms with Gasteiger partial charge < -0.3 is 9.84 Å². The molecule has 1 aromatic carbocycles. The van der Waals surface area contributed by atoms with Gasteiger partial charge in [-0.25, -0.2) is 0 Å². The molecule has 0 bridgehead atoms. The number of ether oxygens (including phenoxy) is 1. The van der Waals surface area contributed by atoms with E-state index < -0.39 is 6.10 Å². The Morgan fingerprint density at radius 1 is 1.13 bits per heavy atom. The van der Waals surface area contributed by atoms with Crippen molar-refractivity contribution < 1.29 is 9.84 Å². The van der Waals surface area contributed by atoms with Gasteiger partial charge in [0.25, 0.3) is 0 Å². The first-order valence-corrected chi connectivity index (χ1v) is 5.59. The van der Waals surface area contributed by atoms with Crippen LogP contribution in [0.1, 0.15) is 25.0 Å². The topological polar surface area (TPSA) is 29.5 Å². The summed E-state index contributed by atoms with van der Waals surface area (Å²) < 4.78 is 5.16. The molecule has 2 heteroatoms. The van der Waals surface area contributed by atoms with Crippen LogP contribution in [0.25, 0.3) is 0 Å². The minimum Gasteiger partial charge on any atom is -0.390 e. The SMILES string of the molecule is CCOCC(O)Cc1ccc(CC)cc1. The van der Waals surface area contributed by atoms with Crippen LogP contribution in [-0.4, -0.2) is 24.4 Å². The summed E-state index contributed by atoms with van der Waals surface area (Å²) >= 11 is 0. The van der Waals surface area contributed by atoms with Gasteiger partial charge in [-0.3, -0.25) is 0 Å². The maximum Gasteiger partial charge on any atom is 0.0813 e. The fraction of sp³-hybridized carbons (Fsp3) is 0.538. The van der Waals surface area contributed by atoms with Crippen LogP contribution < -0.4 is 0 Å². The molecule has 0 aromatic heterocycles. The van der Waals surface area contributed by atoms with E-state index in [9.17, 15) is 5.11 Å². The number of rotatable bonds is 6. The Kier molecular flexibility index (Phi) is 5.37. The van der Waals surface area contributed by atoms with E-state index in [4.69, 9.17) is 4.74 Å². The minimum atomic E-state index is -0.391. The van der Waals surface area contributed by atoms with E-state index >= 15 is 0 Å². The van der Waals surface area contributed by atoms with Crippen LogP contribution in [0.4, 0.5) is 0 Å². The minimum absolute atomic E-state index is 0.391. The quantitative estimate of drug-likeness (QED) is 0.776. The Morgan fingerprint density at radius 2 is 1.73 bits per heavy atom. The molecule has 0 amide bonds. The molecule has 1 unspecified atom stereocenters. The molecule has 1 N–H and O–H groups in total. The average Bonchev–Trinajstić information content (AvgIpc) is 2.27. The van der Waals surface area contributed by atoms with Gasteiger partial charge in [-0.2, -0.15) is 0 Å². The van der Waals surface area contributed by atoms with Gasteiger partial charge in [0.15, 0.2) is 0 Å². The van der Waals surface area contributed by atoms with Crippen LogP contribution >= 0.6 is 0 Å². The monoisotopic (exact) mass is 208 g/mol. The molecule has 2 nitrogen and oxygen atoms in total. The summed E-state index contributed by atoms with van der Waals surface area (Å²) in [5.41, 5.74) is 2.50. The van der Waals surface area contributed by atoms with Gasteiger partial charge in [-0.1, -0.05) is 31.2 Å². The summed E-state index contributed by atoms with van der Waals surface area (Å²) in [6, 6.07) is 8.38. The van der Waals surface area contributed by atoms with Gasteiger partial charge in [-0.15, -0.1) is 0 Å². The van der Waals surface area contributed by atoms with Gasteiger partial charge in [0.1, 0.15) is 0 Å². The Morgan fingerprint density at radius 3 is 2.27 bits per heavy atom. The molecule has 0 fully saturated rings. The first kappa shape index (κ1) is 12.2. The second-order valence-corrected chi connectivity index (χ2v) is 3.69. The van der Waals surface area contributed by atoms with Crippen molar-refractivity contribution in [2.75, 3.05) is 13.2 Å².